The molecule has 3 nitrogen and oxygen atoms in total. The summed E-state index contributed by atoms with van der Waals surface area (Å²) in [7, 11) is 0. The quantitative estimate of drug-likeness (QED) is 0.805. The van der Waals surface area contributed by atoms with Crippen LogP contribution in [-0.4, -0.2) is 18.0 Å². The summed E-state index contributed by atoms with van der Waals surface area (Å²) in [5.74, 6) is -0.110. The molecule has 1 aromatic rings. The minimum atomic E-state index is -0.800. The van der Waals surface area contributed by atoms with Gasteiger partial charge in [-0.3, -0.25) is 4.79 Å². The standard InChI is InChI=1S/C13H20N2O/c1-10-6-4-5-7-11(10)8-9-15-12(16)13(2,3)14/h4-7H,8-9,14H2,1-3H3,(H,15,16). The molecule has 0 aliphatic heterocycles. The van der Waals surface area contributed by atoms with E-state index in [0.29, 0.717) is 6.54 Å². The summed E-state index contributed by atoms with van der Waals surface area (Å²) in [5, 5.41) is 2.83. The predicted molar refractivity (Wildman–Crippen MR) is 66.2 cm³/mol. The van der Waals surface area contributed by atoms with Crippen molar-refractivity contribution in [3.63, 3.8) is 0 Å². The summed E-state index contributed by atoms with van der Waals surface area (Å²) < 4.78 is 0. The third-order valence-electron chi connectivity index (χ3n) is 2.53. The molecular weight excluding hydrogens is 200 g/mol. The highest BCUT2D eigenvalue weighted by Crippen LogP contribution is 2.07. The molecule has 0 aliphatic carbocycles. The molecule has 0 fully saturated rings. The first kappa shape index (κ1) is 12.7. The van der Waals surface area contributed by atoms with Crippen molar-refractivity contribution >= 4 is 5.91 Å². The molecule has 88 valence electrons. The molecule has 0 atom stereocenters. The van der Waals surface area contributed by atoms with Gasteiger partial charge in [-0.15, -0.1) is 0 Å². The van der Waals surface area contributed by atoms with Gasteiger partial charge in [0.25, 0.3) is 0 Å². The van der Waals surface area contributed by atoms with Crippen LogP contribution in [0.3, 0.4) is 0 Å². The molecular formula is C13H20N2O. The van der Waals surface area contributed by atoms with Gasteiger partial charge < -0.3 is 11.1 Å². The van der Waals surface area contributed by atoms with E-state index in [1.807, 2.05) is 12.1 Å². The van der Waals surface area contributed by atoms with Crippen molar-refractivity contribution in [2.75, 3.05) is 6.54 Å². The first-order valence-electron chi connectivity index (χ1n) is 5.53. The van der Waals surface area contributed by atoms with Gasteiger partial charge in [0, 0.05) is 6.54 Å². The van der Waals surface area contributed by atoms with E-state index in [2.05, 4.69) is 24.4 Å². The monoisotopic (exact) mass is 220 g/mol. The molecule has 16 heavy (non-hydrogen) atoms. The Labute approximate surface area is 97.0 Å². The van der Waals surface area contributed by atoms with Crippen molar-refractivity contribution in [2.45, 2.75) is 32.7 Å². The number of nitrogens with two attached hydrogens (primary N) is 1. The number of hydrogen-bond acceptors (Lipinski definition) is 2. The van der Waals surface area contributed by atoms with Gasteiger partial charge >= 0.3 is 0 Å². The van der Waals surface area contributed by atoms with E-state index in [1.54, 1.807) is 13.8 Å². The van der Waals surface area contributed by atoms with E-state index >= 15 is 0 Å². The Kier molecular flexibility index (Phi) is 4.07. The lowest BCUT2D eigenvalue weighted by Gasteiger charge is -2.17. The van der Waals surface area contributed by atoms with Gasteiger partial charge in [0.05, 0.1) is 5.54 Å². The normalized spacial score (nSPS) is 11.2. The van der Waals surface area contributed by atoms with Crippen LogP contribution in [0.15, 0.2) is 24.3 Å². The van der Waals surface area contributed by atoms with Gasteiger partial charge in [0.15, 0.2) is 0 Å². The fourth-order valence-corrected chi connectivity index (χ4v) is 1.43. The summed E-state index contributed by atoms with van der Waals surface area (Å²) in [4.78, 5) is 11.5. The smallest absolute Gasteiger partial charge is 0.239 e. The van der Waals surface area contributed by atoms with E-state index < -0.39 is 5.54 Å². The lowest BCUT2D eigenvalue weighted by molar-refractivity contribution is -0.125. The molecule has 0 spiro atoms. The van der Waals surface area contributed by atoms with Gasteiger partial charge in [0.1, 0.15) is 0 Å². The van der Waals surface area contributed by atoms with Crippen LogP contribution in [0.25, 0.3) is 0 Å². The molecule has 0 aliphatic rings. The Morgan fingerprint density at radius 3 is 2.56 bits per heavy atom. The number of carbonyl (C=O) groups is 1. The highest BCUT2D eigenvalue weighted by atomic mass is 16.2. The number of hydrogen-bond donors (Lipinski definition) is 2. The van der Waals surface area contributed by atoms with Crippen LogP contribution in [0.2, 0.25) is 0 Å². The molecule has 0 saturated heterocycles. The van der Waals surface area contributed by atoms with Gasteiger partial charge in [-0.2, -0.15) is 0 Å². The van der Waals surface area contributed by atoms with E-state index in [0.717, 1.165) is 6.42 Å². The number of benzene rings is 1. The number of carbonyl (C=O) groups excluding carboxylic acids is 1. The summed E-state index contributed by atoms with van der Waals surface area (Å²) in [6.07, 6.45) is 0.842. The van der Waals surface area contributed by atoms with E-state index in [1.165, 1.54) is 11.1 Å². The zero-order chi connectivity index (χ0) is 12.2. The van der Waals surface area contributed by atoms with Gasteiger partial charge in [-0.25, -0.2) is 0 Å². The SMILES string of the molecule is Cc1ccccc1CCNC(=O)C(C)(C)N. The van der Waals surface area contributed by atoms with Crippen molar-refractivity contribution in [1.29, 1.82) is 0 Å². The molecule has 0 heterocycles. The molecule has 0 radical (unpaired) electrons. The Balaban J connectivity index is 2.43. The zero-order valence-electron chi connectivity index (χ0n) is 10.2. The highest BCUT2D eigenvalue weighted by molar-refractivity contribution is 5.84. The maximum Gasteiger partial charge on any atom is 0.239 e. The average molecular weight is 220 g/mol. The fourth-order valence-electron chi connectivity index (χ4n) is 1.43. The Bertz CT molecular complexity index is 366. The maximum absolute atomic E-state index is 11.5. The van der Waals surface area contributed by atoms with E-state index in [-0.39, 0.29) is 5.91 Å². The Morgan fingerprint density at radius 1 is 1.38 bits per heavy atom. The van der Waals surface area contributed by atoms with Crippen LogP contribution in [-0.2, 0) is 11.2 Å². The second kappa shape index (κ2) is 5.12. The van der Waals surface area contributed by atoms with Crippen LogP contribution >= 0.6 is 0 Å². The number of nitrogens with one attached hydrogen (secondary N) is 1. The minimum Gasteiger partial charge on any atom is -0.354 e. The molecule has 0 saturated carbocycles. The van der Waals surface area contributed by atoms with E-state index in [4.69, 9.17) is 5.73 Å². The summed E-state index contributed by atoms with van der Waals surface area (Å²) >= 11 is 0. The summed E-state index contributed by atoms with van der Waals surface area (Å²) in [5.41, 5.74) is 7.39. The number of rotatable bonds is 4. The third kappa shape index (κ3) is 3.66. The molecule has 0 unspecified atom stereocenters. The second-order valence-corrected chi connectivity index (χ2v) is 4.65. The number of amides is 1. The van der Waals surface area contributed by atoms with Crippen LogP contribution in [0.1, 0.15) is 25.0 Å². The zero-order valence-corrected chi connectivity index (χ0v) is 10.2. The van der Waals surface area contributed by atoms with Crippen LogP contribution in [0.5, 0.6) is 0 Å². The fraction of sp³-hybridized carbons (Fsp3) is 0.462. The largest absolute Gasteiger partial charge is 0.354 e. The summed E-state index contributed by atoms with van der Waals surface area (Å²) in [6.45, 7) is 6.11. The topological polar surface area (TPSA) is 55.1 Å². The first-order chi connectivity index (χ1) is 7.41. The maximum atomic E-state index is 11.5. The third-order valence-corrected chi connectivity index (χ3v) is 2.53. The van der Waals surface area contributed by atoms with E-state index in [9.17, 15) is 4.79 Å². The van der Waals surface area contributed by atoms with Gasteiger partial charge in [-0.1, -0.05) is 24.3 Å². The van der Waals surface area contributed by atoms with Gasteiger partial charge in [0.2, 0.25) is 5.91 Å². The van der Waals surface area contributed by atoms with Crippen LogP contribution in [0.4, 0.5) is 0 Å². The second-order valence-electron chi connectivity index (χ2n) is 4.65. The van der Waals surface area contributed by atoms with Crippen molar-refractivity contribution in [2.24, 2.45) is 5.73 Å². The molecule has 0 aromatic heterocycles. The average Bonchev–Trinajstić information content (AvgIpc) is 2.19. The lowest BCUT2D eigenvalue weighted by Crippen LogP contribution is -2.49. The Morgan fingerprint density at radius 2 is 2.00 bits per heavy atom. The Hall–Kier alpha value is -1.35. The molecule has 1 aromatic carbocycles. The molecule has 3 heteroatoms. The van der Waals surface area contributed by atoms with Crippen LogP contribution < -0.4 is 11.1 Å². The molecule has 0 bridgehead atoms. The van der Waals surface area contributed by atoms with Crippen molar-refractivity contribution in [3.8, 4) is 0 Å². The predicted octanol–water partition coefficient (Wildman–Crippen LogP) is 1.39. The number of aryl methyl sites for hydroxylation is 1. The molecule has 1 rings (SSSR count). The molecule has 1 amide bonds. The lowest BCUT2D eigenvalue weighted by atomic mass is 10.0. The molecule has 3 N–H and O–H groups in total. The van der Waals surface area contributed by atoms with Crippen LogP contribution in [0, 0.1) is 6.92 Å². The minimum absolute atomic E-state index is 0.110. The van der Waals surface area contributed by atoms with Crippen molar-refractivity contribution in [3.05, 3.63) is 35.4 Å². The summed E-state index contributed by atoms with van der Waals surface area (Å²) in [6, 6.07) is 8.18. The van der Waals surface area contributed by atoms with Crippen molar-refractivity contribution in [1.82, 2.24) is 5.32 Å². The van der Waals surface area contributed by atoms with Gasteiger partial charge in [-0.05, 0) is 38.3 Å². The highest BCUT2D eigenvalue weighted by Gasteiger charge is 2.20. The first-order valence-corrected chi connectivity index (χ1v) is 5.53. The van der Waals surface area contributed by atoms with Crippen molar-refractivity contribution < 1.29 is 4.79 Å².